The summed E-state index contributed by atoms with van der Waals surface area (Å²) < 4.78 is 2.50. The Bertz CT molecular complexity index is 2170. The summed E-state index contributed by atoms with van der Waals surface area (Å²) in [6, 6.07) is 42.5. The SMILES string of the molecule is CC1(C)c2ccccc2-c2c3c(c4c5ccccc5n(-c5ccncc5)c4c21)C(c1ccccc1)c1ccccc1-3. The number of pyridine rings is 1. The highest BCUT2D eigenvalue weighted by Gasteiger charge is 2.45. The Morgan fingerprint density at radius 2 is 1.34 bits per heavy atom. The van der Waals surface area contributed by atoms with Crippen LogP contribution in [0.1, 0.15) is 47.6 Å². The average Bonchev–Trinajstić information content (AvgIpc) is 3.62. The van der Waals surface area contributed by atoms with Crippen LogP contribution in [-0.4, -0.2) is 9.55 Å². The maximum atomic E-state index is 4.37. The molecule has 0 saturated heterocycles. The van der Waals surface area contributed by atoms with E-state index in [0.717, 1.165) is 5.69 Å². The van der Waals surface area contributed by atoms with Gasteiger partial charge in [-0.05, 0) is 68.3 Å². The quantitative estimate of drug-likeness (QED) is 0.220. The van der Waals surface area contributed by atoms with Crippen LogP contribution in [0.4, 0.5) is 0 Å². The highest BCUT2D eigenvalue weighted by Crippen LogP contribution is 2.62. The zero-order valence-corrected chi connectivity index (χ0v) is 23.1. The van der Waals surface area contributed by atoms with Crippen molar-refractivity contribution in [2.45, 2.75) is 25.2 Å². The van der Waals surface area contributed by atoms with E-state index in [4.69, 9.17) is 0 Å². The van der Waals surface area contributed by atoms with Gasteiger partial charge < -0.3 is 4.57 Å². The van der Waals surface area contributed by atoms with Crippen LogP contribution >= 0.6 is 0 Å². The van der Waals surface area contributed by atoms with Crippen molar-refractivity contribution in [3.8, 4) is 27.9 Å². The van der Waals surface area contributed by atoms with Gasteiger partial charge >= 0.3 is 0 Å². The van der Waals surface area contributed by atoms with Crippen LogP contribution in [0.2, 0.25) is 0 Å². The molecule has 1 atom stereocenters. The number of benzene rings is 5. The van der Waals surface area contributed by atoms with E-state index in [1.807, 2.05) is 12.4 Å². The van der Waals surface area contributed by atoms with Gasteiger partial charge in [-0.25, -0.2) is 0 Å². The van der Waals surface area contributed by atoms with Crippen LogP contribution in [0.25, 0.3) is 49.7 Å². The van der Waals surface area contributed by atoms with Crippen molar-refractivity contribution in [2.75, 3.05) is 0 Å². The average molecular weight is 525 g/mol. The van der Waals surface area contributed by atoms with Crippen LogP contribution in [0.15, 0.2) is 128 Å². The van der Waals surface area contributed by atoms with Crippen molar-refractivity contribution >= 4 is 21.8 Å². The first-order chi connectivity index (χ1) is 20.2. The van der Waals surface area contributed by atoms with E-state index < -0.39 is 0 Å². The van der Waals surface area contributed by atoms with Crippen molar-refractivity contribution in [3.05, 3.63) is 155 Å². The normalized spacial score (nSPS) is 16.0. The summed E-state index contributed by atoms with van der Waals surface area (Å²) in [7, 11) is 0. The van der Waals surface area contributed by atoms with Gasteiger partial charge in [0.2, 0.25) is 0 Å². The fourth-order valence-electron chi connectivity index (χ4n) is 7.96. The Morgan fingerprint density at radius 1 is 0.659 bits per heavy atom. The van der Waals surface area contributed by atoms with E-state index in [2.05, 4.69) is 139 Å². The maximum Gasteiger partial charge on any atom is 0.0591 e. The molecule has 0 N–H and O–H groups in total. The third-order valence-corrected chi connectivity index (χ3v) is 9.53. The van der Waals surface area contributed by atoms with E-state index in [1.165, 1.54) is 71.9 Å². The topological polar surface area (TPSA) is 17.8 Å². The summed E-state index contributed by atoms with van der Waals surface area (Å²) in [6.45, 7) is 4.82. The molecule has 7 aromatic rings. The molecule has 0 aliphatic heterocycles. The van der Waals surface area contributed by atoms with Crippen molar-refractivity contribution in [1.82, 2.24) is 9.55 Å². The lowest BCUT2D eigenvalue weighted by Crippen LogP contribution is -2.17. The largest absolute Gasteiger partial charge is 0.309 e. The molecular formula is C39H28N2. The molecule has 194 valence electrons. The summed E-state index contributed by atoms with van der Waals surface area (Å²) in [4.78, 5) is 4.37. The van der Waals surface area contributed by atoms with Crippen LogP contribution in [0.3, 0.4) is 0 Å². The van der Waals surface area contributed by atoms with Gasteiger partial charge in [0.05, 0.1) is 11.0 Å². The number of hydrogen-bond donors (Lipinski definition) is 0. The van der Waals surface area contributed by atoms with Crippen molar-refractivity contribution in [3.63, 3.8) is 0 Å². The monoisotopic (exact) mass is 524 g/mol. The van der Waals surface area contributed by atoms with E-state index in [0.29, 0.717) is 0 Å². The smallest absolute Gasteiger partial charge is 0.0591 e. The van der Waals surface area contributed by atoms with E-state index in [-0.39, 0.29) is 11.3 Å². The summed E-state index contributed by atoms with van der Waals surface area (Å²) in [5.74, 6) is 0.155. The predicted octanol–water partition coefficient (Wildman–Crippen LogP) is 9.65. The molecule has 0 radical (unpaired) electrons. The van der Waals surface area contributed by atoms with Crippen LogP contribution in [-0.2, 0) is 5.41 Å². The third kappa shape index (κ3) is 2.84. The lowest BCUT2D eigenvalue weighted by atomic mass is 9.79. The molecule has 0 bridgehead atoms. The van der Waals surface area contributed by atoms with Gasteiger partial charge in [-0.1, -0.05) is 111 Å². The van der Waals surface area contributed by atoms with E-state index >= 15 is 0 Å². The molecule has 41 heavy (non-hydrogen) atoms. The minimum Gasteiger partial charge on any atom is -0.309 e. The third-order valence-electron chi connectivity index (χ3n) is 9.53. The van der Waals surface area contributed by atoms with Gasteiger partial charge in [0.1, 0.15) is 0 Å². The first kappa shape index (κ1) is 22.8. The second kappa shape index (κ2) is 8.05. The number of para-hydroxylation sites is 1. The fourth-order valence-corrected chi connectivity index (χ4v) is 7.96. The Kier molecular flexibility index (Phi) is 4.48. The molecule has 0 saturated carbocycles. The minimum absolute atomic E-state index is 0.155. The first-order valence-corrected chi connectivity index (χ1v) is 14.4. The molecule has 2 aliphatic carbocycles. The zero-order valence-electron chi connectivity index (χ0n) is 23.1. The molecule has 2 heteroatoms. The number of rotatable bonds is 2. The molecule has 1 unspecified atom stereocenters. The Labute approximate surface area is 239 Å². The molecule has 5 aromatic carbocycles. The Balaban J connectivity index is 1.60. The second-order valence-corrected chi connectivity index (χ2v) is 11.9. The summed E-state index contributed by atoms with van der Waals surface area (Å²) in [5.41, 5.74) is 16.1. The Hall–Kier alpha value is -4.95. The maximum absolute atomic E-state index is 4.37. The van der Waals surface area contributed by atoms with Crippen molar-refractivity contribution < 1.29 is 0 Å². The lowest BCUT2D eigenvalue weighted by molar-refractivity contribution is 0.664. The van der Waals surface area contributed by atoms with Gasteiger partial charge in [-0.15, -0.1) is 0 Å². The highest BCUT2D eigenvalue weighted by atomic mass is 15.0. The molecular weight excluding hydrogens is 496 g/mol. The molecule has 0 spiro atoms. The van der Waals surface area contributed by atoms with E-state index in [1.54, 1.807) is 0 Å². The molecule has 0 amide bonds. The summed E-state index contributed by atoms with van der Waals surface area (Å²) >= 11 is 0. The molecule has 0 fully saturated rings. The van der Waals surface area contributed by atoms with E-state index in [9.17, 15) is 0 Å². The number of aromatic nitrogens is 2. The van der Waals surface area contributed by atoms with Gasteiger partial charge in [0.15, 0.2) is 0 Å². The fraction of sp³-hybridized carbons (Fsp3) is 0.103. The number of fused-ring (bicyclic) bond motifs is 12. The zero-order chi connectivity index (χ0) is 27.3. The van der Waals surface area contributed by atoms with Gasteiger partial charge in [-0.2, -0.15) is 0 Å². The van der Waals surface area contributed by atoms with Crippen LogP contribution in [0.5, 0.6) is 0 Å². The number of hydrogen-bond acceptors (Lipinski definition) is 1. The van der Waals surface area contributed by atoms with Crippen molar-refractivity contribution in [2.24, 2.45) is 0 Å². The minimum atomic E-state index is -0.169. The van der Waals surface area contributed by atoms with Crippen LogP contribution < -0.4 is 0 Å². The summed E-state index contributed by atoms with van der Waals surface area (Å²) in [5, 5.41) is 2.68. The lowest BCUT2D eigenvalue weighted by Gasteiger charge is -2.25. The molecule has 2 nitrogen and oxygen atoms in total. The predicted molar refractivity (Wildman–Crippen MR) is 169 cm³/mol. The van der Waals surface area contributed by atoms with Crippen molar-refractivity contribution in [1.29, 1.82) is 0 Å². The highest BCUT2D eigenvalue weighted by molar-refractivity contribution is 6.20. The molecule has 9 rings (SSSR count). The molecule has 2 heterocycles. The second-order valence-electron chi connectivity index (χ2n) is 11.9. The van der Waals surface area contributed by atoms with Gasteiger partial charge in [0, 0.05) is 40.2 Å². The van der Waals surface area contributed by atoms with Gasteiger partial charge in [0.25, 0.3) is 0 Å². The molecule has 2 aromatic heterocycles. The first-order valence-electron chi connectivity index (χ1n) is 14.4. The van der Waals surface area contributed by atoms with Crippen LogP contribution in [0, 0.1) is 0 Å². The Morgan fingerprint density at radius 3 is 2.17 bits per heavy atom. The standard InChI is InChI=1S/C39H28N2/c1-39(2)30-18-10-8-16-28(30)34-33-27-15-7-6-14-26(27)32(24-12-4-3-5-13-24)36(33)35-29-17-9-11-19-31(29)41(38(35)37(34)39)25-20-22-40-23-21-25/h3-23,32H,1-2H3. The van der Waals surface area contributed by atoms with Gasteiger partial charge in [-0.3, -0.25) is 4.98 Å². The molecule has 2 aliphatic rings. The summed E-state index contributed by atoms with van der Waals surface area (Å²) in [6.07, 6.45) is 3.82. The number of nitrogens with zero attached hydrogens (tertiary/aromatic N) is 2.